The maximum atomic E-state index is 14.3. The highest BCUT2D eigenvalue weighted by Crippen LogP contribution is 2.37. The van der Waals surface area contributed by atoms with Gasteiger partial charge in [0, 0.05) is 12.1 Å². The van der Waals surface area contributed by atoms with Gasteiger partial charge in [0.1, 0.15) is 4.53 Å². The van der Waals surface area contributed by atoms with Crippen LogP contribution in [-0.4, -0.2) is 43.8 Å². The maximum Gasteiger partial charge on any atom is 0.338 e. The lowest BCUT2D eigenvalue weighted by atomic mass is 9.95. The van der Waals surface area contributed by atoms with Crippen LogP contribution in [0.5, 0.6) is 11.5 Å². The third kappa shape index (κ3) is 4.42. The van der Waals surface area contributed by atoms with Crippen molar-refractivity contribution < 1.29 is 23.8 Å². The van der Waals surface area contributed by atoms with E-state index in [1.165, 1.54) is 18.8 Å². The minimum absolute atomic E-state index is 0.168. The number of hydrogen-bond donors (Lipinski definition) is 0. The first kappa shape index (κ1) is 27.4. The van der Waals surface area contributed by atoms with Gasteiger partial charge in [0.25, 0.3) is 11.5 Å². The van der Waals surface area contributed by atoms with Gasteiger partial charge in [-0.25, -0.2) is 9.79 Å². The van der Waals surface area contributed by atoms with Crippen LogP contribution in [0, 0.1) is 0 Å². The van der Waals surface area contributed by atoms with Gasteiger partial charge in [0.15, 0.2) is 16.3 Å². The third-order valence-electron chi connectivity index (χ3n) is 7.10. The van der Waals surface area contributed by atoms with Crippen molar-refractivity contribution in [2.45, 2.75) is 39.7 Å². The molecule has 40 heavy (non-hydrogen) atoms. The van der Waals surface area contributed by atoms with Crippen LogP contribution in [0.2, 0.25) is 0 Å². The Hall–Kier alpha value is -4.18. The molecule has 0 aliphatic carbocycles. The zero-order valence-corrected chi connectivity index (χ0v) is 24.0. The first-order valence-corrected chi connectivity index (χ1v) is 14.0. The molecule has 0 saturated heterocycles. The van der Waals surface area contributed by atoms with Crippen LogP contribution < -0.4 is 29.3 Å². The monoisotopic (exact) mass is 561 g/mol. The van der Waals surface area contributed by atoms with E-state index >= 15 is 0 Å². The fourth-order valence-corrected chi connectivity index (χ4v) is 6.35. The Morgan fingerprint density at radius 1 is 1.05 bits per heavy atom. The minimum Gasteiger partial charge on any atom is -0.493 e. The van der Waals surface area contributed by atoms with Gasteiger partial charge in [0.05, 0.1) is 49.4 Å². The summed E-state index contributed by atoms with van der Waals surface area (Å²) >= 11 is 1.16. The van der Waals surface area contributed by atoms with Crippen LogP contribution in [0.3, 0.4) is 0 Å². The van der Waals surface area contributed by atoms with Crippen LogP contribution in [-0.2, 0) is 14.3 Å². The van der Waals surface area contributed by atoms with Crippen LogP contribution in [0.4, 0.5) is 5.69 Å². The topological polar surface area (TPSA) is 99.4 Å². The number of unbranched alkanes of at least 4 members (excludes halogenated alkanes) is 1. The van der Waals surface area contributed by atoms with Gasteiger partial charge in [-0.2, -0.15) is 0 Å². The predicted molar refractivity (Wildman–Crippen MR) is 153 cm³/mol. The second-order valence-electron chi connectivity index (χ2n) is 9.44. The number of carbonyl (C=O) groups excluding carboxylic acids is 2. The van der Waals surface area contributed by atoms with Crippen LogP contribution in [0.15, 0.2) is 63.5 Å². The van der Waals surface area contributed by atoms with Crippen molar-refractivity contribution >= 4 is 34.5 Å². The van der Waals surface area contributed by atoms with E-state index in [4.69, 9.17) is 14.2 Å². The predicted octanol–water partition coefficient (Wildman–Crippen LogP) is 3.33. The van der Waals surface area contributed by atoms with Crippen LogP contribution in [0.25, 0.3) is 5.57 Å². The van der Waals surface area contributed by atoms with Gasteiger partial charge in [-0.1, -0.05) is 48.9 Å². The first-order valence-electron chi connectivity index (χ1n) is 13.2. The van der Waals surface area contributed by atoms with Crippen molar-refractivity contribution in [2.24, 2.45) is 4.99 Å². The molecule has 2 aromatic carbocycles. The summed E-state index contributed by atoms with van der Waals surface area (Å²) in [6, 6.07) is 11.9. The van der Waals surface area contributed by atoms with Gasteiger partial charge in [-0.05, 0) is 44.0 Å². The van der Waals surface area contributed by atoms with Gasteiger partial charge >= 0.3 is 5.97 Å². The summed E-state index contributed by atoms with van der Waals surface area (Å²) in [6.07, 6.45) is 1.78. The quantitative estimate of drug-likeness (QED) is 0.391. The third-order valence-corrected chi connectivity index (χ3v) is 8.15. The van der Waals surface area contributed by atoms with E-state index in [1.807, 2.05) is 24.3 Å². The number of anilines is 1. The van der Waals surface area contributed by atoms with Crippen molar-refractivity contribution in [1.82, 2.24) is 4.57 Å². The van der Waals surface area contributed by atoms with Crippen molar-refractivity contribution in [3.05, 3.63) is 84.5 Å². The largest absolute Gasteiger partial charge is 0.493 e. The lowest BCUT2D eigenvalue weighted by molar-refractivity contribution is -0.139. The van der Waals surface area contributed by atoms with Crippen molar-refractivity contribution in [3.63, 3.8) is 0 Å². The fraction of sp³-hybridized carbons (Fsp3) is 0.333. The number of carbonyl (C=O) groups is 2. The van der Waals surface area contributed by atoms with Crippen molar-refractivity contribution in [2.75, 3.05) is 32.3 Å². The molecule has 5 rings (SSSR count). The number of rotatable bonds is 8. The van der Waals surface area contributed by atoms with E-state index in [1.54, 1.807) is 36.9 Å². The molecular weight excluding hydrogens is 530 g/mol. The Kier molecular flexibility index (Phi) is 7.62. The average molecular weight is 562 g/mol. The molecule has 9 nitrogen and oxygen atoms in total. The number of para-hydroxylation sites is 1. The van der Waals surface area contributed by atoms with Gasteiger partial charge in [-0.15, -0.1) is 0 Å². The highest BCUT2D eigenvalue weighted by Gasteiger charge is 2.37. The highest BCUT2D eigenvalue weighted by molar-refractivity contribution is 7.07. The Bertz CT molecular complexity index is 1720. The Morgan fingerprint density at radius 2 is 1.80 bits per heavy atom. The molecule has 0 fully saturated rings. The molecule has 208 valence electrons. The van der Waals surface area contributed by atoms with Crippen molar-refractivity contribution in [3.8, 4) is 11.5 Å². The summed E-state index contributed by atoms with van der Waals surface area (Å²) in [5.41, 5.74) is 2.79. The van der Waals surface area contributed by atoms with Gasteiger partial charge in [-0.3, -0.25) is 14.2 Å². The number of fused-ring (bicyclic) bond motifs is 2. The number of aromatic nitrogens is 1. The van der Waals surface area contributed by atoms with Gasteiger partial charge in [0.2, 0.25) is 0 Å². The average Bonchev–Trinajstić information content (AvgIpc) is 3.42. The summed E-state index contributed by atoms with van der Waals surface area (Å²) in [5, 5.41) is 0. The molecule has 0 spiro atoms. The number of ether oxygens (including phenoxy) is 3. The SMILES string of the molecule is CCCCN1C(=O)C(=c2sc3n(c2=O)C(c2ccc(OC)c(OC)c2)C(C(=O)OCC)=C(C)N=3)c2ccccc21. The van der Waals surface area contributed by atoms with Crippen LogP contribution >= 0.6 is 11.3 Å². The normalized spacial score (nSPS) is 17.4. The van der Waals surface area contributed by atoms with E-state index in [2.05, 4.69) is 11.9 Å². The number of esters is 1. The molecule has 10 heteroatoms. The summed E-state index contributed by atoms with van der Waals surface area (Å²) in [4.78, 5) is 48.1. The molecule has 1 atom stereocenters. The number of nitrogens with zero attached hydrogens (tertiary/aromatic N) is 3. The molecule has 1 amide bonds. The second kappa shape index (κ2) is 11.1. The number of benzene rings is 2. The highest BCUT2D eigenvalue weighted by atomic mass is 32.1. The number of hydrogen-bond acceptors (Lipinski definition) is 8. The molecular formula is C30H31N3O6S. The lowest BCUT2D eigenvalue weighted by Crippen LogP contribution is -2.41. The minimum atomic E-state index is -0.840. The number of amides is 1. The van der Waals surface area contributed by atoms with E-state index in [-0.39, 0.29) is 18.1 Å². The number of allylic oxidation sites excluding steroid dienone is 1. The molecule has 0 radical (unpaired) electrons. The zero-order valence-electron chi connectivity index (χ0n) is 23.1. The number of thiazole rings is 1. The Balaban J connectivity index is 1.79. The molecule has 3 heterocycles. The summed E-state index contributed by atoms with van der Waals surface area (Å²) in [6.45, 7) is 6.26. The lowest BCUT2D eigenvalue weighted by Gasteiger charge is -2.25. The van der Waals surface area contributed by atoms with Crippen molar-refractivity contribution in [1.29, 1.82) is 0 Å². The fourth-order valence-electron chi connectivity index (χ4n) is 5.22. The molecule has 2 aliphatic rings. The molecule has 1 unspecified atom stereocenters. The van der Waals surface area contributed by atoms with E-state index in [9.17, 15) is 14.4 Å². The Labute approximate surface area is 235 Å². The molecule has 3 aromatic rings. The van der Waals surface area contributed by atoms with E-state index in [0.717, 1.165) is 35.4 Å². The molecule has 0 N–H and O–H groups in total. The smallest absolute Gasteiger partial charge is 0.338 e. The summed E-state index contributed by atoms with van der Waals surface area (Å²) in [7, 11) is 3.06. The van der Waals surface area contributed by atoms with Crippen LogP contribution in [0.1, 0.15) is 50.8 Å². The number of methoxy groups -OCH3 is 2. The molecule has 0 bridgehead atoms. The maximum absolute atomic E-state index is 14.3. The standard InChI is InChI=1S/C30H31N3O6S/c1-6-8-15-32-20-12-10-9-11-19(20)24(27(32)34)26-28(35)33-25(18-13-14-21(37-4)22(16-18)38-5)23(29(36)39-7-2)17(3)31-30(33)40-26/h9-14,16,25H,6-8,15H2,1-5H3. The summed E-state index contributed by atoms with van der Waals surface area (Å²) in [5.74, 6) is 0.201. The Morgan fingerprint density at radius 3 is 2.50 bits per heavy atom. The van der Waals surface area contributed by atoms with Gasteiger partial charge < -0.3 is 19.1 Å². The molecule has 0 saturated carbocycles. The second-order valence-corrected chi connectivity index (χ2v) is 10.4. The first-order chi connectivity index (χ1) is 19.4. The zero-order chi connectivity index (χ0) is 28.6. The van der Waals surface area contributed by atoms with E-state index < -0.39 is 17.6 Å². The van der Waals surface area contributed by atoms with E-state index in [0.29, 0.717) is 44.2 Å². The summed E-state index contributed by atoms with van der Waals surface area (Å²) < 4.78 is 18.1. The molecule has 2 aliphatic heterocycles. The molecule has 1 aromatic heterocycles.